The summed E-state index contributed by atoms with van der Waals surface area (Å²) in [4.78, 5) is 25.3. The van der Waals surface area contributed by atoms with E-state index < -0.39 is 0 Å². The average Bonchev–Trinajstić information content (AvgIpc) is 2.81. The van der Waals surface area contributed by atoms with Gasteiger partial charge in [0.25, 0.3) is 5.56 Å². The summed E-state index contributed by atoms with van der Waals surface area (Å²) in [5.74, 6) is 0.833. The number of halogens is 1. The quantitative estimate of drug-likeness (QED) is 0.726. The number of amides is 1. The number of ether oxygens (including phenoxy) is 1. The van der Waals surface area contributed by atoms with E-state index in [9.17, 15) is 9.59 Å². The first-order chi connectivity index (χ1) is 12.8. The second-order valence-corrected chi connectivity index (χ2v) is 9.63. The van der Waals surface area contributed by atoms with Crippen molar-refractivity contribution in [3.8, 4) is 0 Å². The van der Waals surface area contributed by atoms with Crippen LogP contribution in [0.3, 0.4) is 0 Å². The fourth-order valence-electron chi connectivity index (χ4n) is 3.84. The molecule has 0 bridgehead atoms. The highest BCUT2D eigenvalue weighted by atomic mass is 79.9. The number of nitrogens with one attached hydrogen (secondary N) is 2. The lowest BCUT2D eigenvalue weighted by Crippen LogP contribution is -2.36. The molecule has 0 unspecified atom stereocenters. The molecule has 27 heavy (non-hydrogen) atoms. The molecule has 8 heteroatoms. The number of hydrogen-bond acceptors (Lipinski definition) is 4. The van der Waals surface area contributed by atoms with Crippen LogP contribution in [0.5, 0.6) is 0 Å². The van der Waals surface area contributed by atoms with E-state index in [-0.39, 0.29) is 28.4 Å². The Morgan fingerprint density at radius 1 is 1.26 bits per heavy atom. The number of thioether (sulfide) groups is 1. The van der Waals surface area contributed by atoms with Gasteiger partial charge >= 0.3 is 0 Å². The van der Waals surface area contributed by atoms with Crippen molar-refractivity contribution in [1.82, 2.24) is 9.78 Å². The number of aromatic amines is 1. The molecular weight excluding hydrogens is 430 g/mol. The smallest absolute Gasteiger partial charge is 0.270 e. The molecule has 0 spiro atoms. The Labute approximate surface area is 170 Å². The topological polar surface area (TPSA) is 76.1 Å². The Balaban J connectivity index is 1.80. The highest BCUT2D eigenvalue weighted by Crippen LogP contribution is 2.42. The van der Waals surface area contributed by atoms with Crippen LogP contribution in [0.4, 0.5) is 5.82 Å². The number of carbonyl (C=O) groups excluding carboxylic acids is 1. The Morgan fingerprint density at radius 3 is 2.70 bits per heavy atom. The molecule has 2 N–H and O–H groups in total. The summed E-state index contributed by atoms with van der Waals surface area (Å²) in [5, 5.41) is 5.77. The molecule has 1 aromatic heterocycles. The molecule has 0 saturated carbocycles. The number of nitrogens with zero attached hydrogens (tertiary/aromatic N) is 1. The molecule has 2 aliphatic rings. The van der Waals surface area contributed by atoms with Gasteiger partial charge < -0.3 is 10.1 Å². The second-order valence-electron chi connectivity index (χ2n) is 7.62. The van der Waals surface area contributed by atoms with Crippen molar-refractivity contribution in [2.45, 2.75) is 43.6 Å². The standard InChI is InChI=1S/C19H22BrN3O3S/c1-19(2)9-13(7-8-26-19)23-17-15(18(25)22-23)16(27-10-14(24)21-17)11-3-5-12(20)6-4-11/h3-6,13,16H,7-10H2,1-2H3,(H,21,24)(H,22,25)/t13-,16+/m0/s1. The molecule has 2 aromatic rings. The highest BCUT2D eigenvalue weighted by molar-refractivity contribution is 9.10. The van der Waals surface area contributed by atoms with Crippen molar-refractivity contribution in [3.05, 3.63) is 50.2 Å². The van der Waals surface area contributed by atoms with Crippen molar-refractivity contribution in [3.63, 3.8) is 0 Å². The predicted octanol–water partition coefficient (Wildman–Crippen LogP) is 3.84. The van der Waals surface area contributed by atoms with Gasteiger partial charge in [0.05, 0.1) is 28.2 Å². The van der Waals surface area contributed by atoms with Crippen molar-refractivity contribution in [2.75, 3.05) is 17.7 Å². The molecule has 0 aliphatic carbocycles. The molecule has 0 radical (unpaired) electrons. The van der Waals surface area contributed by atoms with E-state index >= 15 is 0 Å². The van der Waals surface area contributed by atoms with Gasteiger partial charge in [0, 0.05) is 11.1 Å². The maximum absolute atomic E-state index is 12.9. The number of hydrogen-bond donors (Lipinski definition) is 2. The van der Waals surface area contributed by atoms with Gasteiger partial charge in [-0.05, 0) is 44.4 Å². The van der Waals surface area contributed by atoms with Crippen LogP contribution in [-0.4, -0.2) is 33.6 Å². The van der Waals surface area contributed by atoms with Crippen LogP contribution in [-0.2, 0) is 9.53 Å². The minimum atomic E-state index is -0.258. The first-order valence-electron chi connectivity index (χ1n) is 8.99. The van der Waals surface area contributed by atoms with Gasteiger partial charge in [-0.15, -0.1) is 11.8 Å². The van der Waals surface area contributed by atoms with Gasteiger partial charge in [-0.2, -0.15) is 0 Å². The summed E-state index contributed by atoms with van der Waals surface area (Å²) in [6.07, 6.45) is 1.57. The number of H-pyrrole nitrogens is 1. The summed E-state index contributed by atoms with van der Waals surface area (Å²) < 4.78 is 8.65. The van der Waals surface area contributed by atoms with Crippen molar-refractivity contribution in [1.29, 1.82) is 0 Å². The van der Waals surface area contributed by atoms with Gasteiger partial charge in [-0.1, -0.05) is 28.1 Å². The van der Waals surface area contributed by atoms with E-state index in [1.807, 2.05) is 28.9 Å². The van der Waals surface area contributed by atoms with Crippen LogP contribution in [0, 0.1) is 0 Å². The third-order valence-electron chi connectivity index (χ3n) is 5.07. The molecule has 1 saturated heterocycles. The van der Waals surface area contributed by atoms with Crippen molar-refractivity contribution in [2.24, 2.45) is 0 Å². The third-order valence-corrected chi connectivity index (χ3v) is 6.87. The largest absolute Gasteiger partial charge is 0.375 e. The number of aromatic nitrogens is 2. The van der Waals surface area contributed by atoms with Gasteiger partial charge in [-0.25, -0.2) is 0 Å². The van der Waals surface area contributed by atoms with Crippen LogP contribution < -0.4 is 10.9 Å². The summed E-state index contributed by atoms with van der Waals surface area (Å²) in [6.45, 7) is 4.74. The number of benzene rings is 1. The molecule has 1 aromatic carbocycles. The first-order valence-corrected chi connectivity index (χ1v) is 10.8. The third kappa shape index (κ3) is 3.75. The summed E-state index contributed by atoms with van der Waals surface area (Å²) in [6, 6.07) is 7.99. The molecular formula is C19H22BrN3O3S. The molecule has 6 nitrogen and oxygen atoms in total. The highest BCUT2D eigenvalue weighted by Gasteiger charge is 2.35. The number of rotatable bonds is 2. The lowest BCUT2D eigenvalue weighted by Gasteiger charge is -2.36. The molecule has 2 aliphatic heterocycles. The monoisotopic (exact) mass is 451 g/mol. The predicted molar refractivity (Wildman–Crippen MR) is 110 cm³/mol. The maximum atomic E-state index is 12.9. The van der Waals surface area contributed by atoms with Crippen LogP contribution in [0.15, 0.2) is 33.5 Å². The normalized spacial score (nSPS) is 24.8. The number of fused-ring (bicyclic) bond motifs is 1. The summed E-state index contributed by atoms with van der Waals surface area (Å²) in [7, 11) is 0. The lowest BCUT2D eigenvalue weighted by molar-refractivity contribution is -0.113. The van der Waals surface area contributed by atoms with Crippen LogP contribution in [0.25, 0.3) is 0 Å². The Hall–Kier alpha value is -1.51. The second kappa shape index (κ2) is 7.14. The molecule has 2 atom stereocenters. The fourth-order valence-corrected chi connectivity index (χ4v) is 5.23. The molecule has 144 valence electrons. The lowest BCUT2D eigenvalue weighted by atomic mass is 9.94. The zero-order valence-electron chi connectivity index (χ0n) is 15.3. The van der Waals surface area contributed by atoms with E-state index in [1.165, 1.54) is 11.8 Å². The van der Waals surface area contributed by atoms with Gasteiger partial charge in [0.2, 0.25) is 5.91 Å². The number of anilines is 1. The van der Waals surface area contributed by atoms with Crippen molar-refractivity contribution >= 4 is 39.4 Å². The Bertz CT molecular complexity index is 919. The van der Waals surface area contributed by atoms with E-state index in [2.05, 4.69) is 40.2 Å². The zero-order chi connectivity index (χ0) is 19.2. The van der Waals surface area contributed by atoms with Gasteiger partial charge in [0.1, 0.15) is 5.82 Å². The summed E-state index contributed by atoms with van der Waals surface area (Å²) in [5.41, 5.74) is 1.23. The first kappa shape index (κ1) is 18.8. The fraction of sp³-hybridized carbons (Fsp3) is 0.474. The van der Waals surface area contributed by atoms with Gasteiger partial charge in [-0.3, -0.25) is 19.4 Å². The van der Waals surface area contributed by atoms with Crippen LogP contribution in [0.2, 0.25) is 0 Å². The zero-order valence-corrected chi connectivity index (χ0v) is 17.7. The SMILES string of the molecule is CC1(C)C[C@@H](n2[nH]c(=O)c3c2NC(=O)CS[C@@H]3c2ccc(Br)cc2)CCO1. The summed E-state index contributed by atoms with van der Waals surface area (Å²) >= 11 is 4.93. The van der Waals surface area contributed by atoms with Crippen molar-refractivity contribution < 1.29 is 9.53 Å². The Kier molecular flexibility index (Phi) is 4.98. The van der Waals surface area contributed by atoms with Crippen LogP contribution in [0.1, 0.15) is 49.1 Å². The molecule has 4 rings (SSSR count). The van der Waals surface area contributed by atoms with E-state index in [1.54, 1.807) is 0 Å². The minimum absolute atomic E-state index is 0.0826. The van der Waals surface area contributed by atoms with E-state index in [0.29, 0.717) is 23.7 Å². The average molecular weight is 452 g/mol. The molecule has 1 fully saturated rings. The van der Waals surface area contributed by atoms with Gasteiger partial charge in [0.15, 0.2) is 0 Å². The van der Waals surface area contributed by atoms with E-state index in [0.717, 1.165) is 22.9 Å². The minimum Gasteiger partial charge on any atom is -0.375 e. The molecule has 3 heterocycles. The number of carbonyl (C=O) groups is 1. The molecule has 1 amide bonds. The van der Waals surface area contributed by atoms with Crippen LogP contribution >= 0.6 is 27.7 Å². The Morgan fingerprint density at radius 2 is 2.00 bits per heavy atom. The van der Waals surface area contributed by atoms with E-state index in [4.69, 9.17) is 4.74 Å². The maximum Gasteiger partial charge on any atom is 0.270 e.